The highest BCUT2D eigenvalue weighted by Gasteiger charge is 2.46. The van der Waals surface area contributed by atoms with Crippen molar-refractivity contribution < 1.29 is 19.4 Å². The summed E-state index contributed by atoms with van der Waals surface area (Å²) in [5.41, 5.74) is 2.68. The van der Waals surface area contributed by atoms with E-state index in [-0.39, 0.29) is 28.5 Å². The lowest BCUT2D eigenvalue weighted by Gasteiger charge is -2.25. The number of aliphatic hydroxyl groups excluding tert-OH is 1. The lowest BCUT2D eigenvalue weighted by Crippen LogP contribution is -2.31. The number of H-pyrrole nitrogens is 1. The molecule has 1 aliphatic heterocycles. The van der Waals surface area contributed by atoms with Crippen molar-refractivity contribution in [1.29, 1.82) is 0 Å². The first kappa shape index (κ1) is 23.9. The Labute approximate surface area is 216 Å². The molecule has 5 rings (SSSR count). The maximum Gasteiger partial charge on any atom is 0.295 e. The molecule has 2 N–H and O–H groups in total. The van der Waals surface area contributed by atoms with E-state index in [4.69, 9.17) is 27.9 Å². The summed E-state index contributed by atoms with van der Waals surface area (Å²) in [7, 11) is 1.60. The van der Waals surface area contributed by atoms with E-state index < -0.39 is 17.7 Å². The highest BCUT2D eigenvalue weighted by Crippen LogP contribution is 2.40. The molecule has 0 spiro atoms. The minimum atomic E-state index is -0.829. The minimum absolute atomic E-state index is 0.0437. The maximum atomic E-state index is 13.2. The zero-order chi connectivity index (χ0) is 25.4. The molecule has 1 saturated heterocycles. The molecule has 1 amide bonds. The van der Waals surface area contributed by atoms with Crippen LogP contribution < -0.4 is 4.74 Å². The van der Waals surface area contributed by atoms with Crippen LogP contribution in [-0.4, -0.2) is 45.3 Å². The number of aromatic amines is 1. The summed E-state index contributed by atoms with van der Waals surface area (Å²) in [5, 5.41) is 12.7. The summed E-state index contributed by atoms with van der Waals surface area (Å²) >= 11 is 12.3. The Morgan fingerprint density at radius 2 is 2.00 bits per heavy atom. The third-order valence-corrected chi connectivity index (χ3v) is 6.87. The fourth-order valence-corrected chi connectivity index (χ4v) is 5.05. The monoisotopic (exact) mass is 521 g/mol. The second kappa shape index (κ2) is 9.68. The van der Waals surface area contributed by atoms with E-state index in [0.717, 1.165) is 22.2 Å². The number of nitrogens with zero attached hydrogens (tertiary/aromatic N) is 2. The molecule has 0 aliphatic carbocycles. The molecular formula is C27H21Cl2N3O4. The summed E-state index contributed by atoms with van der Waals surface area (Å²) in [4.78, 5) is 35.3. The van der Waals surface area contributed by atoms with Crippen molar-refractivity contribution in [3.8, 4) is 5.75 Å². The zero-order valence-electron chi connectivity index (χ0n) is 19.2. The third-order valence-electron chi connectivity index (χ3n) is 6.32. The van der Waals surface area contributed by atoms with E-state index in [0.29, 0.717) is 17.0 Å². The van der Waals surface area contributed by atoms with Gasteiger partial charge in [-0.05, 0) is 60.0 Å². The molecule has 0 unspecified atom stereocenters. The van der Waals surface area contributed by atoms with Crippen molar-refractivity contribution in [3.05, 3.63) is 99.4 Å². The molecule has 1 fully saturated rings. The highest BCUT2D eigenvalue weighted by molar-refractivity contribution is 6.47. The van der Waals surface area contributed by atoms with Crippen LogP contribution in [-0.2, 0) is 16.0 Å². The molecule has 2 aromatic carbocycles. The number of carbonyl (C=O) groups is 2. The first-order chi connectivity index (χ1) is 17.4. The number of aromatic nitrogens is 2. The summed E-state index contributed by atoms with van der Waals surface area (Å²) in [6.07, 6.45) is 5.54. The number of amides is 1. The average Bonchev–Trinajstić information content (AvgIpc) is 3.40. The smallest absolute Gasteiger partial charge is 0.295 e. The summed E-state index contributed by atoms with van der Waals surface area (Å²) in [5.74, 6) is -1.12. The Bertz CT molecular complexity index is 1510. The van der Waals surface area contributed by atoms with Gasteiger partial charge in [0.05, 0.1) is 23.7 Å². The van der Waals surface area contributed by atoms with Gasteiger partial charge in [-0.25, -0.2) is 0 Å². The second-order valence-electron chi connectivity index (χ2n) is 8.38. The zero-order valence-corrected chi connectivity index (χ0v) is 20.7. The van der Waals surface area contributed by atoms with Crippen molar-refractivity contribution in [2.45, 2.75) is 12.5 Å². The van der Waals surface area contributed by atoms with Gasteiger partial charge in [-0.3, -0.25) is 14.6 Å². The fraction of sp³-hybridized carbons (Fsp3) is 0.148. The topological polar surface area (TPSA) is 95.5 Å². The van der Waals surface area contributed by atoms with Gasteiger partial charge in [0.2, 0.25) is 0 Å². The first-order valence-corrected chi connectivity index (χ1v) is 11.9. The summed E-state index contributed by atoms with van der Waals surface area (Å²) in [6.45, 7) is 0.236. The van der Waals surface area contributed by atoms with Gasteiger partial charge >= 0.3 is 0 Å². The molecule has 7 nitrogen and oxygen atoms in total. The Balaban J connectivity index is 1.56. The standard InChI is InChI=1S/C27H21Cl2N3O4/c1-36-18-5-7-22-20(12-18)15(14-31-22)8-10-32-24(16-3-2-9-30-13-16)23(26(34)27(32)35)25(33)19-6-4-17(28)11-21(19)29/h2-7,9,11-14,24,31,33H,8,10H2,1H3/t24-/m0/s1. The van der Waals surface area contributed by atoms with E-state index >= 15 is 0 Å². The first-order valence-electron chi connectivity index (χ1n) is 11.2. The number of hydrogen-bond donors (Lipinski definition) is 2. The fourth-order valence-electron chi connectivity index (χ4n) is 4.55. The number of ketones is 1. The van der Waals surface area contributed by atoms with Crippen molar-refractivity contribution in [1.82, 2.24) is 14.9 Å². The van der Waals surface area contributed by atoms with E-state index in [1.54, 1.807) is 37.7 Å². The molecule has 0 radical (unpaired) electrons. The normalized spacial score (nSPS) is 17.2. The number of likely N-dealkylation sites (tertiary alicyclic amines) is 1. The lowest BCUT2D eigenvalue weighted by atomic mass is 9.96. The predicted molar refractivity (Wildman–Crippen MR) is 138 cm³/mol. The third kappa shape index (κ3) is 4.21. The van der Waals surface area contributed by atoms with Crippen molar-refractivity contribution in [3.63, 3.8) is 0 Å². The van der Waals surface area contributed by atoms with Crippen molar-refractivity contribution in [2.75, 3.05) is 13.7 Å². The van der Waals surface area contributed by atoms with Gasteiger partial charge < -0.3 is 19.7 Å². The average molecular weight is 522 g/mol. The predicted octanol–water partition coefficient (Wildman–Crippen LogP) is 5.54. The molecule has 0 bridgehead atoms. The van der Waals surface area contributed by atoms with Crippen LogP contribution in [0.2, 0.25) is 10.0 Å². The number of rotatable bonds is 6. The van der Waals surface area contributed by atoms with Gasteiger partial charge in [0.15, 0.2) is 0 Å². The largest absolute Gasteiger partial charge is 0.507 e. The lowest BCUT2D eigenvalue weighted by molar-refractivity contribution is -0.139. The molecule has 4 aromatic rings. The van der Waals surface area contributed by atoms with Gasteiger partial charge in [0.1, 0.15) is 11.5 Å². The van der Waals surface area contributed by atoms with Gasteiger partial charge in [0.25, 0.3) is 11.7 Å². The Kier molecular flexibility index (Phi) is 6.43. The van der Waals surface area contributed by atoms with E-state index in [2.05, 4.69) is 9.97 Å². The summed E-state index contributed by atoms with van der Waals surface area (Å²) < 4.78 is 5.35. The molecule has 2 aromatic heterocycles. The number of ether oxygens (including phenoxy) is 1. The number of nitrogens with one attached hydrogen (secondary N) is 1. The number of aliphatic hydroxyl groups is 1. The number of benzene rings is 2. The van der Waals surface area contributed by atoms with Gasteiger partial charge in [-0.15, -0.1) is 0 Å². The van der Waals surface area contributed by atoms with Gasteiger partial charge in [-0.2, -0.15) is 0 Å². The van der Waals surface area contributed by atoms with Crippen LogP contribution in [0.1, 0.15) is 22.7 Å². The molecule has 36 heavy (non-hydrogen) atoms. The number of hydrogen-bond acceptors (Lipinski definition) is 5. The van der Waals surface area contributed by atoms with Crippen LogP contribution in [0.3, 0.4) is 0 Å². The molecular weight excluding hydrogens is 501 g/mol. The van der Waals surface area contributed by atoms with Crippen LogP contribution >= 0.6 is 23.2 Å². The molecule has 3 heterocycles. The Hall–Kier alpha value is -3.81. The molecule has 182 valence electrons. The minimum Gasteiger partial charge on any atom is -0.507 e. The van der Waals surface area contributed by atoms with E-state index in [9.17, 15) is 14.7 Å². The molecule has 9 heteroatoms. The molecule has 0 saturated carbocycles. The van der Waals surface area contributed by atoms with Crippen LogP contribution in [0.15, 0.2) is 72.7 Å². The number of Topliss-reactive ketones (excluding diaryl/α,β-unsaturated/α-hetero) is 1. The molecule has 1 atom stereocenters. The number of fused-ring (bicyclic) bond motifs is 1. The van der Waals surface area contributed by atoms with Gasteiger partial charge in [0, 0.05) is 46.6 Å². The number of halogens is 2. The Morgan fingerprint density at radius 3 is 2.72 bits per heavy atom. The van der Waals surface area contributed by atoms with Crippen molar-refractivity contribution in [2.24, 2.45) is 0 Å². The van der Waals surface area contributed by atoms with E-state index in [1.807, 2.05) is 24.4 Å². The van der Waals surface area contributed by atoms with Gasteiger partial charge in [-0.1, -0.05) is 29.3 Å². The second-order valence-corrected chi connectivity index (χ2v) is 9.22. The summed E-state index contributed by atoms with van der Waals surface area (Å²) in [6, 6.07) is 12.9. The highest BCUT2D eigenvalue weighted by atomic mass is 35.5. The van der Waals surface area contributed by atoms with Crippen LogP contribution in [0.25, 0.3) is 16.7 Å². The number of pyridine rings is 1. The SMILES string of the molecule is COc1ccc2[nH]cc(CCN3C(=O)C(=O)C(=C(O)c4ccc(Cl)cc4Cl)[C@@H]3c3cccnc3)c2c1. The molecule has 1 aliphatic rings. The van der Waals surface area contributed by atoms with Crippen LogP contribution in [0.5, 0.6) is 5.75 Å². The van der Waals surface area contributed by atoms with Crippen molar-refractivity contribution >= 4 is 51.6 Å². The number of methoxy groups -OCH3 is 1. The Morgan fingerprint density at radius 1 is 1.17 bits per heavy atom. The maximum absolute atomic E-state index is 13.2. The number of carbonyl (C=O) groups excluding carboxylic acids is 2. The van der Waals surface area contributed by atoms with E-state index in [1.165, 1.54) is 17.0 Å². The van der Waals surface area contributed by atoms with Crippen LogP contribution in [0.4, 0.5) is 0 Å². The quantitative estimate of drug-likeness (QED) is 0.197. The van der Waals surface area contributed by atoms with Crippen LogP contribution in [0, 0.1) is 0 Å².